The molecule has 4 heteroatoms. The van der Waals surface area contributed by atoms with Crippen molar-refractivity contribution in [1.82, 2.24) is 10.9 Å². The van der Waals surface area contributed by atoms with Crippen LogP contribution in [0.15, 0.2) is 0 Å². The molecule has 4 N–H and O–H groups in total. The summed E-state index contributed by atoms with van der Waals surface area (Å²) >= 11 is 4.52. The van der Waals surface area contributed by atoms with Crippen LogP contribution in [0.2, 0.25) is 0 Å². The smallest absolute Gasteiger partial charge is 0.178 e. The molecule has 0 radical (unpaired) electrons. The van der Waals surface area contributed by atoms with Crippen LogP contribution < -0.4 is 16.6 Å². The molecule has 3 nitrogen and oxygen atoms in total. The van der Waals surface area contributed by atoms with Gasteiger partial charge in [-0.2, -0.15) is 0 Å². The van der Waals surface area contributed by atoms with Gasteiger partial charge in [0, 0.05) is 6.04 Å². The first-order valence-electron chi connectivity index (χ1n) is 2.44. The number of nitrogens with one attached hydrogen (secondary N) is 2. The highest BCUT2D eigenvalue weighted by Gasteiger charge is 1.87. The van der Waals surface area contributed by atoms with Gasteiger partial charge in [0.05, 0.1) is 0 Å². The standard InChI is InChI=1S/C4H11N3S/c1-3(2)6-7-4(5)8/h3,6H,1-2H3,(H3,5,7,8). The number of hydrazine groups is 1. The highest BCUT2D eigenvalue weighted by Crippen LogP contribution is 1.68. The van der Waals surface area contributed by atoms with E-state index >= 15 is 0 Å². The minimum Gasteiger partial charge on any atom is -0.375 e. The van der Waals surface area contributed by atoms with Crippen LogP contribution in [0.1, 0.15) is 13.8 Å². The van der Waals surface area contributed by atoms with Gasteiger partial charge in [0.15, 0.2) is 5.11 Å². The van der Waals surface area contributed by atoms with Crippen LogP contribution in [0.25, 0.3) is 0 Å². The van der Waals surface area contributed by atoms with Crippen molar-refractivity contribution in [2.24, 2.45) is 5.73 Å². The number of hydrogen-bond donors (Lipinski definition) is 3. The van der Waals surface area contributed by atoms with Crippen molar-refractivity contribution in [3.63, 3.8) is 0 Å². The summed E-state index contributed by atoms with van der Waals surface area (Å²) in [4.78, 5) is 0. The van der Waals surface area contributed by atoms with Gasteiger partial charge >= 0.3 is 0 Å². The van der Waals surface area contributed by atoms with E-state index in [1.165, 1.54) is 0 Å². The monoisotopic (exact) mass is 133 g/mol. The third-order valence-corrected chi connectivity index (χ3v) is 0.586. The summed E-state index contributed by atoms with van der Waals surface area (Å²) in [7, 11) is 0. The maximum absolute atomic E-state index is 5.10. The Hall–Kier alpha value is -0.350. The average molecular weight is 133 g/mol. The Balaban J connectivity index is 3.05. The average Bonchev–Trinajstić information content (AvgIpc) is 1.61. The summed E-state index contributed by atoms with van der Waals surface area (Å²) in [6.45, 7) is 3.98. The van der Waals surface area contributed by atoms with Crippen LogP contribution in [0.3, 0.4) is 0 Å². The first-order valence-corrected chi connectivity index (χ1v) is 2.84. The van der Waals surface area contributed by atoms with Crippen LogP contribution in [0.4, 0.5) is 0 Å². The molecular weight excluding hydrogens is 122 g/mol. The molecule has 8 heavy (non-hydrogen) atoms. The maximum atomic E-state index is 5.10. The Kier molecular flexibility index (Phi) is 3.47. The second-order valence-corrected chi connectivity index (χ2v) is 2.23. The quantitative estimate of drug-likeness (QED) is 0.358. The van der Waals surface area contributed by atoms with Crippen molar-refractivity contribution in [1.29, 1.82) is 0 Å². The summed E-state index contributed by atoms with van der Waals surface area (Å²) in [6.07, 6.45) is 0. The molecule has 48 valence electrons. The topological polar surface area (TPSA) is 50.1 Å². The van der Waals surface area contributed by atoms with E-state index in [4.69, 9.17) is 5.73 Å². The molecule has 0 aromatic heterocycles. The maximum Gasteiger partial charge on any atom is 0.178 e. The Morgan fingerprint density at radius 1 is 1.62 bits per heavy atom. The molecule has 0 spiro atoms. The molecule has 0 heterocycles. The van der Waals surface area contributed by atoms with Crippen molar-refractivity contribution in [2.75, 3.05) is 0 Å². The van der Waals surface area contributed by atoms with E-state index in [1.807, 2.05) is 13.8 Å². The number of nitrogens with two attached hydrogens (primary N) is 1. The highest BCUT2D eigenvalue weighted by atomic mass is 32.1. The second-order valence-electron chi connectivity index (χ2n) is 1.79. The predicted octanol–water partition coefficient (Wildman–Crippen LogP) is -0.267. The molecule has 0 amide bonds. The lowest BCUT2D eigenvalue weighted by Crippen LogP contribution is -2.44. The molecular formula is C4H11N3S. The van der Waals surface area contributed by atoms with E-state index in [0.717, 1.165) is 0 Å². The van der Waals surface area contributed by atoms with Gasteiger partial charge in [0.25, 0.3) is 0 Å². The largest absolute Gasteiger partial charge is 0.375 e. The minimum absolute atomic E-state index is 0.277. The Bertz CT molecular complexity index is 81.4. The zero-order valence-electron chi connectivity index (χ0n) is 5.06. The van der Waals surface area contributed by atoms with Crippen LogP contribution >= 0.6 is 12.2 Å². The molecule has 0 aliphatic carbocycles. The third-order valence-electron chi connectivity index (χ3n) is 0.484. The van der Waals surface area contributed by atoms with Gasteiger partial charge in [-0.15, -0.1) is 0 Å². The van der Waals surface area contributed by atoms with Gasteiger partial charge in [-0.3, -0.25) is 5.43 Å². The molecule has 0 bridgehead atoms. The van der Waals surface area contributed by atoms with Crippen molar-refractivity contribution < 1.29 is 0 Å². The Morgan fingerprint density at radius 2 is 2.12 bits per heavy atom. The Morgan fingerprint density at radius 3 is 2.25 bits per heavy atom. The SMILES string of the molecule is CC(C)NNC(N)=S. The first kappa shape index (κ1) is 7.65. The van der Waals surface area contributed by atoms with E-state index in [9.17, 15) is 0 Å². The van der Waals surface area contributed by atoms with Gasteiger partial charge in [0.1, 0.15) is 0 Å². The van der Waals surface area contributed by atoms with E-state index in [2.05, 4.69) is 23.1 Å². The van der Waals surface area contributed by atoms with Crippen molar-refractivity contribution in [2.45, 2.75) is 19.9 Å². The highest BCUT2D eigenvalue weighted by molar-refractivity contribution is 7.80. The Labute approximate surface area is 54.6 Å². The van der Waals surface area contributed by atoms with Gasteiger partial charge in [0.2, 0.25) is 0 Å². The third kappa shape index (κ3) is 5.65. The van der Waals surface area contributed by atoms with Crippen LogP contribution in [-0.2, 0) is 0 Å². The lowest BCUT2D eigenvalue weighted by molar-refractivity contribution is 0.559. The summed E-state index contributed by atoms with van der Waals surface area (Å²) in [5.74, 6) is 0. The minimum atomic E-state index is 0.277. The molecule has 0 aromatic rings. The van der Waals surface area contributed by atoms with Crippen molar-refractivity contribution in [3.8, 4) is 0 Å². The van der Waals surface area contributed by atoms with Gasteiger partial charge < -0.3 is 5.73 Å². The van der Waals surface area contributed by atoms with Gasteiger partial charge in [-0.1, -0.05) is 0 Å². The van der Waals surface area contributed by atoms with Crippen LogP contribution in [-0.4, -0.2) is 11.2 Å². The normalized spacial score (nSPS) is 9.38. The fraction of sp³-hybridized carbons (Fsp3) is 0.750. The molecule has 0 aliphatic rings. The van der Waals surface area contributed by atoms with E-state index in [0.29, 0.717) is 6.04 Å². The fourth-order valence-corrected chi connectivity index (χ4v) is 0.274. The number of hydrogen-bond acceptors (Lipinski definition) is 2. The number of thiocarbonyl (C=S) groups is 1. The molecule has 0 saturated carbocycles. The zero-order valence-corrected chi connectivity index (χ0v) is 5.88. The molecule has 0 fully saturated rings. The lowest BCUT2D eigenvalue weighted by atomic mass is 10.4. The second kappa shape index (κ2) is 3.63. The molecule has 0 unspecified atom stereocenters. The van der Waals surface area contributed by atoms with Crippen molar-refractivity contribution in [3.05, 3.63) is 0 Å². The van der Waals surface area contributed by atoms with E-state index in [1.54, 1.807) is 0 Å². The zero-order chi connectivity index (χ0) is 6.57. The fourth-order valence-electron chi connectivity index (χ4n) is 0.215. The number of rotatable bonds is 2. The first-order chi connectivity index (χ1) is 3.63. The van der Waals surface area contributed by atoms with Gasteiger partial charge in [-0.05, 0) is 26.1 Å². The van der Waals surface area contributed by atoms with E-state index in [-0.39, 0.29) is 5.11 Å². The van der Waals surface area contributed by atoms with Gasteiger partial charge in [-0.25, -0.2) is 5.43 Å². The van der Waals surface area contributed by atoms with Crippen molar-refractivity contribution >= 4 is 17.3 Å². The lowest BCUT2D eigenvalue weighted by Gasteiger charge is -2.07. The van der Waals surface area contributed by atoms with E-state index < -0.39 is 0 Å². The molecule has 0 rings (SSSR count). The van der Waals surface area contributed by atoms with Crippen LogP contribution in [0, 0.1) is 0 Å². The molecule has 0 aromatic carbocycles. The summed E-state index contributed by atoms with van der Waals surface area (Å²) in [5, 5.41) is 0.277. The summed E-state index contributed by atoms with van der Waals surface area (Å²) in [5.41, 5.74) is 10.5. The summed E-state index contributed by atoms with van der Waals surface area (Å²) < 4.78 is 0. The van der Waals surface area contributed by atoms with Crippen LogP contribution in [0.5, 0.6) is 0 Å². The summed E-state index contributed by atoms with van der Waals surface area (Å²) in [6, 6.07) is 0.358. The molecule has 0 aliphatic heterocycles. The molecule has 0 atom stereocenters. The predicted molar refractivity (Wildman–Crippen MR) is 38.2 cm³/mol. The molecule has 0 saturated heterocycles.